The van der Waals surface area contributed by atoms with Crippen LogP contribution in [-0.4, -0.2) is 0 Å². The SMILES string of the molecule is c1ccc(-c2c(-c3ccccc3)c3cc(N(c4ccccc4)c4ccccc4-c4cccc5oc6c7ccccc7ccc6c45)ccc3c3ccccc23)cc1. The van der Waals surface area contributed by atoms with Crippen LogP contribution in [0.5, 0.6) is 0 Å². The van der Waals surface area contributed by atoms with Gasteiger partial charge in [-0.15, -0.1) is 0 Å². The minimum Gasteiger partial charge on any atom is -0.455 e. The van der Waals surface area contributed by atoms with Crippen LogP contribution >= 0.6 is 0 Å². The topological polar surface area (TPSA) is 16.4 Å². The number of furan rings is 1. The summed E-state index contributed by atoms with van der Waals surface area (Å²) >= 11 is 0. The fourth-order valence-corrected chi connectivity index (χ4v) is 8.81. The van der Waals surface area contributed by atoms with Crippen LogP contribution in [0.2, 0.25) is 0 Å². The normalized spacial score (nSPS) is 11.6. The van der Waals surface area contributed by atoms with Crippen LogP contribution in [0.25, 0.3) is 87.6 Å². The third-order valence-electron chi connectivity index (χ3n) is 11.2. The molecule has 0 bridgehead atoms. The van der Waals surface area contributed by atoms with Gasteiger partial charge in [-0.3, -0.25) is 0 Å². The van der Waals surface area contributed by atoms with Crippen molar-refractivity contribution < 1.29 is 4.42 Å². The first-order valence-electron chi connectivity index (χ1n) is 19.2. The van der Waals surface area contributed by atoms with E-state index in [1.54, 1.807) is 0 Å². The van der Waals surface area contributed by atoms with E-state index in [9.17, 15) is 0 Å². The van der Waals surface area contributed by atoms with Crippen molar-refractivity contribution in [1.29, 1.82) is 0 Å². The second kappa shape index (κ2) is 13.2. The third kappa shape index (κ3) is 5.11. The lowest BCUT2D eigenvalue weighted by molar-refractivity contribution is 0.673. The van der Waals surface area contributed by atoms with Gasteiger partial charge in [0.15, 0.2) is 0 Å². The van der Waals surface area contributed by atoms with E-state index in [2.05, 4.69) is 217 Å². The zero-order valence-corrected chi connectivity index (χ0v) is 30.6. The molecule has 0 aliphatic carbocycles. The highest BCUT2D eigenvalue weighted by atomic mass is 16.3. The van der Waals surface area contributed by atoms with E-state index in [1.165, 1.54) is 49.2 Å². The van der Waals surface area contributed by atoms with Gasteiger partial charge in [0.05, 0.1) is 5.69 Å². The van der Waals surface area contributed by atoms with Crippen LogP contribution < -0.4 is 4.90 Å². The van der Waals surface area contributed by atoms with Gasteiger partial charge in [-0.2, -0.15) is 0 Å². The summed E-state index contributed by atoms with van der Waals surface area (Å²) in [5, 5.41) is 9.46. The van der Waals surface area contributed by atoms with E-state index < -0.39 is 0 Å². The van der Waals surface area contributed by atoms with Gasteiger partial charge in [-0.25, -0.2) is 0 Å². The third-order valence-corrected chi connectivity index (χ3v) is 11.2. The summed E-state index contributed by atoms with van der Waals surface area (Å²) in [5.41, 5.74) is 12.2. The summed E-state index contributed by atoms with van der Waals surface area (Å²) in [6, 6.07) is 76.4. The number of rotatable bonds is 6. The van der Waals surface area contributed by atoms with E-state index in [0.717, 1.165) is 55.5 Å². The van der Waals surface area contributed by atoms with Crippen molar-refractivity contribution >= 4 is 71.3 Å². The summed E-state index contributed by atoms with van der Waals surface area (Å²) in [6.07, 6.45) is 0. The van der Waals surface area contributed by atoms with E-state index in [4.69, 9.17) is 4.42 Å². The smallest absolute Gasteiger partial charge is 0.143 e. The summed E-state index contributed by atoms with van der Waals surface area (Å²) < 4.78 is 6.67. The Labute approximate surface area is 325 Å². The largest absolute Gasteiger partial charge is 0.455 e. The first-order chi connectivity index (χ1) is 27.8. The summed E-state index contributed by atoms with van der Waals surface area (Å²) in [7, 11) is 0. The van der Waals surface area contributed by atoms with E-state index in [-0.39, 0.29) is 0 Å². The Morgan fingerprint density at radius 1 is 0.339 bits per heavy atom. The minimum absolute atomic E-state index is 0.883. The molecule has 0 unspecified atom stereocenters. The van der Waals surface area contributed by atoms with Gasteiger partial charge in [0.1, 0.15) is 11.2 Å². The average Bonchev–Trinajstić information content (AvgIpc) is 3.67. The molecule has 0 aliphatic heterocycles. The molecule has 0 saturated carbocycles. The van der Waals surface area contributed by atoms with Gasteiger partial charge >= 0.3 is 0 Å². The highest BCUT2D eigenvalue weighted by Gasteiger charge is 2.23. The molecule has 0 fully saturated rings. The Morgan fingerprint density at radius 2 is 0.911 bits per heavy atom. The van der Waals surface area contributed by atoms with Gasteiger partial charge in [-0.1, -0.05) is 170 Å². The first-order valence-corrected chi connectivity index (χ1v) is 19.2. The first kappa shape index (κ1) is 32.0. The van der Waals surface area contributed by atoms with Gasteiger partial charge < -0.3 is 9.32 Å². The van der Waals surface area contributed by atoms with Crippen LogP contribution in [0.15, 0.2) is 217 Å². The fraction of sp³-hybridized carbons (Fsp3) is 0. The Kier molecular flexibility index (Phi) is 7.53. The lowest BCUT2D eigenvalue weighted by Crippen LogP contribution is -2.11. The molecule has 0 atom stereocenters. The molecule has 1 aromatic heterocycles. The van der Waals surface area contributed by atoms with Crippen molar-refractivity contribution in [1.82, 2.24) is 0 Å². The van der Waals surface area contributed by atoms with Crippen LogP contribution in [0.4, 0.5) is 17.1 Å². The predicted octanol–water partition coefficient (Wildman–Crippen LogP) is 15.5. The molecule has 262 valence electrons. The van der Waals surface area contributed by atoms with E-state index >= 15 is 0 Å². The van der Waals surface area contributed by atoms with Crippen molar-refractivity contribution in [3.63, 3.8) is 0 Å². The lowest BCUT2D eigenvalue weighted by Gasteiger charge is -2.29. The highest BCUT2D eigenvalue weighted by Crippen LogP contribution is 2.49. The second-order valence-corrected chi connectivity index (χ2v) is 14.4. The number of anilines is 3. The molecule has 1 heterocycles. The molecule has 0 amide bonds. The number of hydrogen-bond donors (Lipinski definition) is 0. The summed E-state index contributed by atoms with van der Waals surface area (Å²) in [5.74, 6) is 0. The van der Waals surface area contributed by atoms with Crippen molar-refractivity contribution in [2.45, 2.75) is 0 Å². The maximum absolute atomic E-state index is 6.67. The standard InChI is InChI=1S/C54H35NO/c1-4-18-37(19-5-1)51-45-27-13-12-25-42(45)43-34-32-40(35-48(43)52(51)38-20-6-2-7-21-38)55(39-22-8-3-9-23-39)49-29-15-14-26-44(49)46-28-16-30-50-53(46)47-33-31-36-17-10-11-24-41(36)54(47)56-50/h1-35H. The quantitative estimate of drug-likeness (QED) is 0.160. The van der Waals surface area contributed by atoms with Crippen LogP contribution in [-0.2, 0) is 0 Å². The number of fused-ring (bicyclic) bond motifs is 8. The molecular formula is C54H35NO. The molecule has 2 nitrogen and oxygen atoms in total. The Balaban J connectivity index is 1.20. The zero-order chi connectivity index (χ0) is 37.0. The van der Waals surface area contributed by atoms with Gasteiger partial charge in [0, 0.05) is 33.1 Å². The lowest BCUT2D eigenvalue weighted by atomic mass is 9.85. The minimum atomic E-state index is 0.883. The molecular weight excluding hydrogens is 679 g/mol. The van der Waals surface area contributed by atoms with Crippen molar-refractivity contribution in [2.75, 3.05) is 4.90 Å². The van der Waals surface area contributed by atoms with Gasteiger partial charge in [0.25, 0.3) is 0 Å². The molecule has 11 aromatic rings. The van der Waals surface area contributed by atoms with Crippen molar-refractivity contribution in [3.05, 3.63) is 212 Å². The monoisotopic (exact) mass is 713 g/mol. The zero-order valence-electron chi connectivity index (χ0n) is 30.6. The Hall–Kier alpha value is -7.42. The number of para-hydroxylation sites is 2. The summed E-state index contributed by atoms with van der Waals surface area (Å²) in [4.78, 5) is 2.41. The molecule has 0 aliphatic rings. The molecule has 56 heavy (non-hydrogen) atoms. The van der Waals surface area contributed by atoms with Crippen molar-refractivity contribution in [3.8, 4) is 33.4 Å². The van der Waals surface area contributed by atoms with Crippen molar-refractivity contribution in [2.24, 2.45) is 0 Å². The van der Waals surface area contributed by atoms with Crippen LogP contribution in [0, 0.1) is 0 Å². The second-order valence-electron chi connectivity index (χ2n) is 14.4. The fourth-order valence-electron chi connectivity index (χ4n) is 8.81. The van der Waals surface area contributed by atoms with Crippen LogP contribution in [0.3, 0.4) is 0 Å². The van der Waals surface area contributed by atoms with E-state index in [1.807, 2.05) is 0 Å². The maximum atomic E-state index is 6.67. The molecule has 0 N–H and O–H groups in total. The highest BCUT2D eigenvalue weighted by molar-refractivity contribution is 6.23. The van der Waals surface area contributed by atoms with E-state index in [0.29, 0.717) is 0 Å². The number of hydrogen-bond acceptors (Lipinski definition) is 2. The maximum Gasteiger partial charge on any atom is 0.143 e. The molecule has 0 spiro atoms. The molecule has 10 aromatic carbocycles. The summed E-state index contributed by atoms with van der Waals surface area (Å²) in [6.45, 7) is 0. The molecule has 2 heteroatoms. The average molecular weight is 714 g/mol. The Bertz CT molecular complexity index is 3240. The van der Waals surface area contributed by atoms with Crippen LogP contribution in [0.1, 0.15) is 0 Å². The molecule has 11 rings (SSSR count). The predicted molar refractivity (Wildman–Crippen MR) is 237 cm³/mol. The molecule has 0 saturated heterocycles. The Morgan fingerprint density at radius 3 is 1.68 bits per heavy atom. The number of benzene rings is 10. The van der Waals surface area contributed by atoms with Gasteiger partial charge in [0.2, 0.25) is 0 Å². The van der Waals surface area contributed by atoms with Gasteiger partial charge in [-0.05, 0) is 97.2 Å². The number of nitrogens with zero attached hydrogens (tertiary/aromatic N) is 1. The molecule has 0 radical (unpaired) electrons.